The second kappa shape index (κ2) is 6.85. The van der Waals surface area contributed by atoms with E-state index in [1.807, 2.05) is 12.1 Å². The number of rotatable bonds is 6. The molecule has 2 heteroatoms. The first-order valence-electron chi connectivity index (χ1n) is 5.97. The van der Waals surface area contributed by atoms with Gasteiger partial charge in [0, 0.05) is 6.42 Å². The first-order valence-corrected chi connectivity index (χ1v) is 5.97. The zero-order valence-corrected chi connectivity index (χ0v) is 10.8. The third-order valence-electron chi connectivity index (χ3n) is 2.64. The Morgan fingerprint density at radius 2 is 2.12 bits per heavy atom. The van der Waals surface area contributed by atoms with Gasteiger partial charge in [-0.3, -0.25) is 0 Å². The molecule has 92 valence electrons. The minimum Gasteiger partial charge on any atom is -0.493 e. The van der Waals surface area contributed by atoms with Gasteiger partial charge in [0.25, 0.3) is 0 Å². The van der Waals surface area contributed by atoms with E-state index >= 15 is 0 Å². The molecular weight excluding hydrogens is 212 g/mol. The van der Waals surface area contributed by atoms with Crippen molar-refractivity contribution in [1.82, 2.24) is 0 Å². The Bertz CT molecular complexity index is 390. The molecule has 0 aliphatic heterocycles. The predicted octanol–water partition coefficient (Wildman–Crippen LogP) is 3.61. The van der Waals surface area contributed by atoms with E-state index in [1.54, 1.807) is 7.11 Å². The molecule has 2 nitrogen and oxygen atoms in total. The summed E-state index contributed by atoms with van der Waals surface area (Å²) in [5.41, 5.74) is 1.18. The van der Waals surface area contributed by atoms with Crippen LogP contribution in [-0.2, 0) is 0 Å². The maximum atomic E-state index is 5.61. The Kier molecular flexibility index (Phi) is 5.42. The van der Waals surface area contributed by atoms with Crippen LogP contribution in [0, 0.1) is 12.3 Å². The molecule has 0 aliphatic carbocycles. The molecule has 0 amide bonds. The number of hydrogen-bond acceptors (Lipinski definition) is 2. The van der Waals surface area contributed by atoms with E-state index in [0.717, 1.165) is 24.3 Å². The van der Waals surface area contributed by atoms with Gasteiger partial charge in [-0.25, -0.2) is 0 Å². The topological polar surface area (TPSA) is 18.5 Å². The van der Waals surface area contributed by atoms with Gasteiger partial charge in [0.1, 0.15) is 0 Å². The second-order valence-corrected chi connectivity index (χ2v) is 4.07. The molecule has 0 bridgehead atoms. The lowest BCUT2D eigenvalue weighted by Crippen LogP contribution is -1.99. The monoisotopic (exact) mass is 232 g/mol. The van der Waals surface area contributed by atoms with Gasteiger partial charge in [-0.2, -0.15) is 0 Å². The molecule has 1 aromatic rings. The van der Waals surface area contributed by atoms with Gasteiger partial charge >= 0.3 is 0 Å². The smallest absolute Gasteiger partial charge is 0.161 e. The van der Waals surface area contributed by atoms with E-state index < -0.39 is 0 Å². The Morgan fingerprint density at radius 1 is 1.35 bits per heavy atom. The summed E-state index contributed by atoms with van der Waals surface area (Å²) >= 11 is 0. The van der Waals surface area contributed by atoms with Crippen LogP contribution in [0.3, 0.4) is 0 Å². The summed E-state index contributed by atoms with van der Waals surface area (Å²) in [6, 6.07) is 6.01. The maximum Gasteiger partial charge on any atom is 0.161 e. The van der Waals surface area contributed by atoms with Gasteiger partial charge in [-0.15, -0.1) is 12.3 Å². The number of benzene rings is 1. The zero-order valence-electron chi connectivity index (χ0n) is 10.8. The van der Waals surface area contributed by atoms with Crippen LogP contribution in [-0.4, -0.2) is 13.7 Å². The summed E-state index contributed by atoms with van der Waals surface area (Å²) in [5, 5.41) is 0. The first-order chi connectivity index (χ1) is 8.22. The largest absolute Gasteiger partial charge is 0.493 e. The molecular formula is C15H20O2. The molecule has 1 unspecified atom stereocenters. The van der Waals surface area contributed by atoms with Crippen LogP contribution in [0.5, 0.6) is 11.5 Å². The fourth-order valence-electron chi connectivity index (χ4n) is 1.62. The van der Waals surface area contributed by atoms with Crippen molar-refractivity contribution >= 4 is 0 Å². The number of terminal acetylenes is 1. The van der Waals surface area contributed by atoms with Gasteiger partial charge in [0.05, 0.1) is 13.7 Å². The summed E-state index contributed by atoms with van der Waals surface area (Å²) in [4.78, 5) is 0. The molecule has 1 rings (SSSR count). The minimum atomic E-state index is 0.342. The van der Waals surface area contributed by atoms with E-state index in [0.29, 0.717) is 12.5 Å². The highest BCUT2D eigenvalue weighted by atomic mass is 16.5. The zero-order chi connectivity index (χ0) is 12.7. The van der Waals surface area contributed by atoms with Crippen LogP contribution in [0.1, 0.15) is 38.2 Å². The van der Waals surface area contributed by atoms with Crippen molar-refractivity contribution in [3.63, 3.8) is 0 Å². The third-order valence-corrected chi connectivity index (χ3v) is 2.64. The van der Waals surface area contributed by atoms with Gasteiger partial charge in [0.15, 0.2) is 11.5 Å². The van der Waals surface area contributed by atoms with E-state index in [-0.39, 0.29) is 0 Å². The third kappa shape index (κ3) is 3.71. The van der Waals surface area contributed by atoms with Crippen molar-refractivity contribution in [2.24, 2.45) is 0 Å². The summed E-state index contributed by atoms with van der Waals surface area (Å²) in [6.45, 7) is 4.90. The molecule has 1 aromatic carbocycles. The Hall–Kier alpha value is -1.62. The van der Waals surface area contributed by atoms with E-state index in [2.05, 4.69) is 25.8 Å². The SMILES string of the molecule is C#CCC(C)c1ccc(OCCC)c(OC)c1. The molecule has 0 heterocycles. The van der Waals surface area contributed by atoms with Gasteiger partial charge in [-0.05, 0) is 30.0 Å². The van der Waals surface area contributed by atoms with Crippen LogP contribution < -0.4 is 9.47 Å². The minimum absolute atomic E-state index is 0.342. The van der Waals surface area contributed by atoms with Gasteiger partial charge in [-0.1, -0.05) is 19.9 Å². The Balaban J connectivity index is 2.88. The van der Waals surface area contributed by atoms with Crippen molar-refractivity contribution in [1.29, 1.82) is 0 Å². The lowest BCUT2D eigenvalue weighted by atomic mass is 9.98. The molecule has 1 atom stereocenters. The summed E-state index contributed by atoms with van der Waals surface area (Å²) < 4.78 is 10.9. The predicted molar refractivity (Wildman–Crippen MR) is 70.6 cm³/mol. The highest BCUT2D eigenvalue weighted by Crippen LogP contribution is 2.31. The molecule has 0 saturated heterocycles. The second-order valence-electron chi connectivity index (χ2n) is 4.07. The standard InChI is InChI=1S/C15H20O2/c1-5-7-12(3)13-8-9-14(17-10-6-2)15(11-13)16-4/h1,8-9,11-12H,6-7,10H2,2-4H3. The van der Waals surface area contributed by atoms with Gasteiger partial charge in [0.2, 0.25) is 0 Å². The lowest BCUT2D eigenvalue weighted by molar-refractivity contribution is 0.294. The Morgan fingerprint density at radius 3 is 2.71 bits per heavy atom. The molecule has 0 aromatic heterocycles. The van der Waals surface area contributed by atoms with Crippen molar-refractivity contribution in [3.05, 3.63) is 23.8 Å². The lowest BCUT2D eigenvalue weighted by Gasteiger charge is -2.14. The van der Waals surface area contributed by atoms with E-state index in [1.165, 1.54) is 5.56 Å². The van der Waals surface area contributed by atoms with Crippen molar-refractivity contribution in [2.45, 2.75) is 32.6 Å². The van der Waals surface area contributed by atoms with Crippen molar-refractivity contribution < 1.29 is 9.47 Å². The summed E-state index contributed by atoms with van der Waals surface area (Å²) in [6.07, 6.45) is 7.05. The van der Waals surface area contributed by atoms with Crippen LogP contribution >= 0.6 is 0 Å². The fourth-order valence-corrected chi connectivity index (χ4v) is 1.62. The van der Waals surface area contributed by atoms with E-state index in [4.69, 9.17) is 15.9 Å². The number of methoxy groups -OCH3 is 1. The van der Waals surface area contributed by atoms with Crippen LogP contribution in [0.4, 0.5) is 0 Å². The maximum absolute atomic E-state index is 5.61. The van der Waals surface area contributed by atoms with Crippen molar-refractivity contribution in [2.75, 3.05) is 13.7 Å². The van der Waals surface area contributed by atoms with Crippen molar-refractivity contribution in [3.8, 4) is 23.8 Å². The fraction of sp³-hybridized carbons (Fsp3) is 0.467. The normalized spacial score (nSPS) is 11.6. The molecule has 17 heavy (non-hydrogen) atoms. The van der Waals surface area contributed by atoms with Gasteiger partial charge < -0.3 is 9.47 Å². The van der Waals surface area contributed by atoms with E-state index in [9.17, 15) is 0 Å². The average Bonchev–Trinajstić information content (AvgIpc) is 2.36. The highest BCUT2D eigenvalue weighted by molar-refractivity contribution is 5.44. The summed E-state index contributed by atoms with van der Waals surface area (Å²) in [5.74, 6) is 4.60. The quantitative estimate of drug-likeness (QED) is 0.697. The van der Waals surface area contributed by atoms with Crippen LogP contribution in [0.2, 0.25) is 0 Å². The Labute approximate surface area is 104 Å². The molecule has 0 saturated carbocycles. The number of ether oxygens (including phenoxy) is 2. The molecule has 0 spiro atoms. The molecule has 0 aliphatic rings. The molecule has 0 radical (unpaired) electrons. The first kappa shape index (κ1) is 13.4. The average molecular weight is 232 g/mol. The number of hydrogen-bond donors (Lipinski definition) is 0. The van der Waals surface area contributed by atoms with Crippen LogP contribution in [0.15, 0.2) is 18.2 Å². The van der Waals surface area contributed by atoms with Crippen LogP contribution in [0.25, 0.3) is 0 Å². The molecule has 0 N–H and O–H groups in total. The highest BCUT2D eigenvalue weighted by Gasteiger charge is 2.09. The molecule has 0 fully saturated rings. The summed E-state index contributed by atoms with van der Waals surface area (Å²) in [7, 11) is 1.66.